The Morgan fingerprint density at radius 3 is 2.78 bits per heavy atom. The standard InChI is InChI=1S/C11H14N2O5/c1-2-17-11(14)10-9(13(15)16)8(12-18-10)7-5-3-4-6-7/h7H,2-6H2,1H3. The van der Waals surface area contributed by atoms with Gasteiger partial charge in [0.2, 0.25) is 0 Å². The van der Waals surface area contributed by atoms with E-state index in [2.05, 4.69) is 5.16 Å². The van der Waals surface area contributed by atoms with E-state index in [9.17, 15) is 14.9 Å². The van der Waals surface area contributed by atoms with Crippen molar-refractivity contribution in [2.24, 2.45) is 0 Å². The van der Waals surface area contributed by atoms with E-state index in [1.165, 1.54) is 0 Å². The van der Waals surface area contributed by atoms with Crippen LogP contribution in [0.25, 0.3) is 0 Å². The molecule has 1 aliphatic carbocycles. The summed E-state index contributed by atoms with van der Waals surface area (Å²) in [6.45, 7) is 1.76. The summed E-state index contributed by atoms with van der Waals surface area (Å²) in [4.78, 5) is 22.0. The number of aromatic nitrogens is 1. The lowest BCUT2D eigenvalue weighted by atomic mass is 10.0. The van der Waals surface area contributed by atoms with Crippen LogP contribution >= 0.6 is 0 Å². The van der Waals surface area contributed by atoms with Crippen molar-refractivity contribution in [2.45, 2.75) is 38.5 Å². The number of ether oxygens (including phenoxy) is 1. The lowest BCUT2D eigenvalue weighted by molar-refractivity contribution is -0.386. The zero-order chi connectivity index (χ0) is 13.1. The maximum Gasteiger partial charge on any atom is 0.384 e. The summed E-state index contributed by atoms with van der Waals surface area (Å²) in [5.74, 6) is -1.22. The number of nitrogens with zero attached hydrogens (tertiary/aromatic N) is 2. The van der Waals surface area contributed by atoms with Gasteiger partial charge in [-0.15, -0.1) is 0 Å². The van der Waals surface area contributed by atoms with Crippen LogP contribution in [-0.2, 0) is 4.74 Å². The monoisotopic (exact) mass is 254 g/mol. The Bertz CT molecular complexity index is 462. The number of esters is 1. The molecule has 1 aromatic rings. The highest BCUT2D eigenvalue weighted by atomic mass is 16.6. The molecular formula is C11H14N2O5. The van der Waals surface area contributed by atoms with Crippen LogP contribution in [0, 0.1) is 10.1 Å². The van der Waals surface area contributed by atoms with Crippen molar-refractivity contribution < 1.29 is 19.0 Å². The number of rotatable bonds is 4. The number of hydrogen-bond donors (Lipinski definition) is 0. The Hall–Kier alpha value is -1.92. The highest BCUT2D eigenvalue weighted by molar-refractivity contribution is 5.91. The Balaban J connectivity index is 2.36. The third-order valence-corrected chi connectivity index (χ3v) is 3.08. The fraction of sp³-hybridized carbons (Fsp3) is 0.636. The fourth-order valence-corrected chi connectivity index (χ4v) is 2.27. The topological polar surface area (TPSA) is 95.5 Å². The van der Waals surface area contributed by atoms with Crippen molar-refractivity contribution in [1.29, 1.82) is 0 Å². The van der Waals surface area contributed by atoms with Gasteiger partial charge in [-0.05, 0) is 19.8 Å². The van der Waals surface area contributed by atoms with E-state index in [0.717, 1.165) is 25.7 Å². The Kier molecular flexibility index (Phi) is 3.59. The second-order valence-electron chi connectivity index (χ2n) is 4.20. The van der Waals surface area contributed by atoms with Gasteiger partial charge in [-0.2, -0.15) is 0 Å². The van der Waals surface area contributed by atoms with Gasteiger partial charge < -0.3 is 9.26 Å². The van der Waals surface area contributed by atoms with E-state index in [-0.39, 0.29) is 23.9 Å². The molecule has 0 amide bonds. The highest BCUT2D eigenvalue weighted by Crippen LogP contribution is 2.39. The molecule has 7 heteroatoms. The molecule has 98 valence electrons. The molecule has 0 aliphatic heterocycles. The van der Waals surface area contributed by atoms with Gasteiger partial charge in [-0.3, -0.25) is 10.1 Å². The third-order valence-electron chi connectivity index (χ3n) is 3.08. The fourth-order valence-electron chi connectivity index (χ4n) is 2.27. The smallest absolute Gasteiger partial charge is 0.384 e. The molecule has 0 saturated heterocycles. The average molecular weight is 254 g/mol. The number of carbonyl (C=O) groups is 1. The molecule has 7 nitrogen and oxygen atoms in total. The third kappa shape index (κ3) is 2.20. The van der Waals surface area contributed by atoms with Crippen LogP contribution in [0.2, 0.25) is 0 Å². The summed E-state index contributed by atoms with van der Waals surface area (Å²) in [6, 6.07) is 0. The lowest BCUT2D eigenvalue weighted by Gasteiger charge is -2.02. The van der Waals surface area contributed by atoms with Crippen LogP contribution in [0.1, 0.15) is 54.8 Å². The van der Waals surface area contributed by atoms with Crippen molar-refractivity contribution in [3.8, 4) is 0 Å². The second kappa shape index (κ2) is 5.16. The quantitative estimate of drug-likeness (QED) is 0.465. The second-order valence-corrected chi connectivity index (χ2v) is 4.20. The molecule has 0 radical (unpaired) electrons. The first-order chi connectivity index (χ1) is 8.65. The minimum Gasteiger partial charge on any atom is -0.460 e. The predicted molar refractivity (Wildman–Crippen MR) is 60.3 cm³/mol. The maximum absolute atomic E-state index is 11.5. The average Bonchev–Trinajstić information content (AvgIpc) is 2.97. The van der Waals surface area contributed by atoms with Gasteiger partial charge in [-0.25, -0.2) is 4.79 Å². The summed E-state index contributed by atoms with van der Waals surface area (Å²) >= 11 is 0. The Morgan fingerprint density at radius 2 is 2.22 bits per heavy atom. The van der Waals surface area contributed by atoms with Gasteiger partial charge in [0.05, 0.1) is 11.5 Å². The molecule has 2 rings (SSSR count). The first-order valence-electron chi connectivity index (χ1n) is 5.96. The van der Waals surface area contributed by atoms with E-state index < -0.39 is 16.7 Å². The zero-order valence-electron chi connectivity index (χ0n) is 10.0. The molecule has 1 aliphatic rings. The van der Waals surface area contributed by atoms with Crippen LogP contribution in [-0.4, -0.2) is 22.7 Å². The summed E-state index contributed by atoms with van der Waals surface area (Å²) in [6.07, 6.45) is 3.72. The van der Waals surface area contributed by atoms with Crippen molar-refractivity contribution in [1.82, 2.24) is 5.16 Å². The Morgan fingerprint density at radius 1 is 1.56 bits per heavy atom. The predicted octanol–water partition coefficient (Wildman–Crippen LogP) is 2.42. The molecule has 1 fully saturated rings. The van der Waals surface area contributed by atoms with E-state index in [1.807, 2.05) is 0 Å². The first kappa shape index (κ1) is 12.5. The summed E-state index contributed by atoms with van der Waals surface area (Å²) in [7, 11) is 0. The molecule has 1 heterocycles. The van der Waals surface area contributed by atoms with Crippen LogP contribution < -0.4 is 0 Å². The largest absolute Gasteiger partial charge is 0.460 e. The normalized spacial score (nSPS) is 15.8. The van der Waals surface area contributed by atoms with Crippen LogP contribution in [0.4, 0.5) is 5.69 Å². The van der Waals surface area contributed by atoms with Crippen molar-refractivity contribution in [3.63, 3.8) is 0 Å². The molecule has 0 aromatic carbocycles. The van der Waals surface area contributed by atoms with Gasteiger partial charge in [0, 0.05) is 5.92 Å². The molecule has 0 spiro atoms. The van der Waals surface area contributed by atoms with Gasteiger partial charge in [0.25, 0.3) is 0 Å². The molecular weight excluding hydrogens is 240 g/mol. The van der Waals surface area contributed by atoms with Crippen LogP contribution in [0.5, 0.6) is 0 Å². The molecule has 1 saturated carbocycles. The molecule has 0 bridgehead atoms. The minimum atomic E-state index is -0.832. The number of nitro groups is 1. The van der Waals surface area contributed by atoms with Crippen molar-refractivity contribution in [2.75, 3.05) is 6.61 Å². The van der Waals surface area contributed by atoms with Gasteiger partial charge in [-0.1, -0.05) is 18.0 Å². The first-order valence-corrected chi connectivity index (χ1v) is 5.96. The summed E-state index contributed by atoms with van der Waals surface area (Å²) < 4.78 is 9.54. The van der Waals surface area contributed by atoms with E-state index in [1.54, 1.807) is 6.92 Å². The van der Waals surface area contributed by atoms with Gasteiger partial charge >= 0.3 is 17.4 Å². The molecule has 0 unspecified atom stereocenters. The highest BCUT2D eigenvalue weighted by Gasteiger charge is 2.37. The number of carbonyl (C=O) groups excluding carboxylic acids is 1. The number of hydrogen-bond acceptors (Lipinski definition) is 6. The van der Waals surface area contributed by atoms with E-state index in [0.29, 0.717) is 0 Å². The van der Waals surface area contributed by atoms with E-state index >= 15 is 0 Å². The molecule has 0 atom stereocenters. The van der Waals surface area contributed by atoms with E-state index in [4.69, 9.17) is 9.26 Å². The van der Waals surface area contributed by atoms with Gasteiger partial charge in [0.15, 0.2) is 5.69 Å². The Labute approximate surface area is 103 Å². The maximum atomic E-state index is 11.5. The molecule has 1 aromatic heterocycles. The zero-order valence-corrected chi connectivity index (χ0v) is 10.0. The summed E-state index contributed by atoms with van der Waals surface area (Å²) in [5, 5.41) is 14.8. The molecule has 0 N–H and O–H groups in total. The lowest BCUT2D eigenvalue weighted by Crippen LogP contribution is -2.07. The van der Waals surface area contributed by atoms with Crippen molar-refractivity contribution >= 4 is 11.7 Å². The van der Waals surface area contributed by atoms with Crippen LogP contribution in [0.15, 0.2) is 4.52 Å². The SMILES string of the molecule is CCOC(=O)c1onc(C2CCCC2)c1[N+](=O)[O-]. The van der Waals surface area contributed by atoms with Gasteiger partial charge in [0.1, 0.15) is 0 Å². The summed E-state index contributed by atoms with van der Waals surface area (Å²) in [5.41, 5.74) is -0.0547. The minimum absolute atomic E-state index is 0.0114. The van der Waals surface area contributed by atoms with Crippen molar-refractivity contribution in [3.05, 3.63) is 21.6 Å². The molecule has 18 heavy (non-hydrogen) atoms. The van der Waals surface area contributed by atoms with Crippen LogP contribution in [0.3, 0.4) is 0 Å².